The Labute approximate surface area is 111 Å². The molecule has 3 aromatic heterocycles. The molecule has 4 rings (SSSR count). The Morgan fingerprint density at radius 3 is 2.95 bits per heavy atom. The van der Waals surface area contributed by atoms with Gasteiger partial charge in [-0.25, -0.2) is 9.78 Å². The summed E-state index contributed by atoms with van der Waals surface area (Å²) in [7, 11) is 0. The number of para-hydroxylation sites is 1. The number of H-pyrrole nitrogens is 1. The van der Waals surface area contributed by atoms with Crippen molar-refractivity contribution >= 4 is 27.9 Å². The molecule has 0 atom stereocenters. The van der Waals surface area contributed by atoms with E-state index in [-0.39, 0.29) is 5.69 Å². The van der Waals surface area contributed by atoms with E-state index in [0.29, 0.717) is 11.5 Å². The zero-order valence-corrected chi connectivity index (χ0v) is 10.5. The molecule has 0 fully saturated rings. The lowest BCUT2D eigenvalue weighted by atomic mass is 10.2. The van der Waals surface area contributed by atoms with Crippen molar-refractivity contribution in [3.05, 3.63) is 51.6 Å². The fourth-order valence-electron chi connectivity index (χ4n) is 2.10. The van der Waals surface area contributed by atoms with Crippen LogP contribution in [-0.2, 0) is 0 Å². The van der Waals surface area contributed by atoms with Crippen molar-refractivity contribution in [2.75, 3.05) is 0 Å². The van der Waals surface area contributed by atoms with Crippen LogP contribution in [0.3, 0.4) is 0 Å². The topological polar surface area (TPSA) is 63.0 Å². The fourth-order valence-corrected chi connectivity index (χ4v) is 2.73. The molecule has 5 nitrogen and oxygen atoms in total. The molecule has 0 spiro atoms. The quantitative estimate of drug-likeness (QED) is 0.576. The van der Waals surface area contributed by atoms with Crippen LogP contribution in [0.4, 0.5) is 0 Å². The molecule has 0 unspecified atom stereocenters. The van der Waals surface area contributed by atoms with Gasteiger partial charge in [-0.2, -0.15) is 15.9 Å². The molecule has 0 aliphatic carbocycles. The first-order valence-electron chi connectivity index (χ1n) is 5.73. The van der Waals surface area contributed by atoms with Crippen molar-refractivity contribution in [2.24, 2.45) is 0 Å². The molecular weight excluding hydrogens is 260 g/mol. The first-order valence-corrected chi connectivity index (χ1v) is 6.67. The van der Waals surface area contributed by atoms with E-state index in [4.69, 9.17) is 0 Å². The van der Waals surface area contributed by atoms with Crippen LogP contribution < -0.4 is 5.69 Å². The Balaban J connectivity index is 2.16. The normalized spacial score (nSPS) is 11.4. The molecule has 19 heavy (non-hydrogen) atoms. The van der Waals surface area contributed by atoms with Gasteiger partial charge in [-0.05, 0) is 23.6 Å². The van der Waals surface area contributed by atoms with Gasteiger partial charge in [0.1, 0.15) is 0 Å². The van der Waals surface area contributed by atoms with E-state index in [2.05, 4.69) is 15.1 Å². The van der Waals surface area contributed by atoms with Crippen LogP contribution in [0.5, 0.6) is 0 Å². The first-order chi connectivity index (χ1) is 9.33. The molecule has 1 aromatic carbocycles. The van der Waals surface area contributed by atoms with Gasteiger partial charge < -0.3 is 4.98 Å². The molecule has 0 saturated carbocycles. The fraction of sp³-hybridized carbons (Fsp3) is 0. The number of aromatic nitrogens is 4. The lowest BCUT2D eigenvalue weighted by Gasteiger charge is -1.97. The smallest absolute Gasteiger partial charge is 0.305 e. The number of nitrogens with one attached hydrogen (secondary N) is 1. The third-order valence-corrected chi connectivity index (χ3v) is 3.67. The maximum absolute atomic E-state index is 12.0. The molecule has 0 saturated heterocycles. The summed E-state index contributed by atoms with van der Waals surface area (Å²) in [4.78, 5) is 19.3. The summed E-state index contributed by atoms with van der Waals surface area (Å²) in [6.45, 7) is 0. The maximum atomic E-state index is 12.0. The SMILES string of the molecule is O=c1[nH]c2ccccc2c2nc(-c3ccsc3)nn12. The van der Waals surface area contributed by atoms with Crippen molar-refractivity contribution in [3.8, 4) is 11.4 Å². The standard InChI is InChI=1S/C13H8N4OS/c18-13-14-10-4-2-1-3-9(10)12-15-11(16-17(12)13)8-5-6-19-7-8/h1-7H,(H,14,18). The summed E-state index contributed by atoms with van der Waals surface area (Å²) in [6.07, 6.45) is 0. The number of benzene rings is 1. The molecule has 92 valence electrons. The average Bonchev–Trinajstić information content (AvgIpc) is 3.08. The summed E-state index contributed by atoms with van der Waals surface area (Å²) >= 11 is 1.58. The van der Waals surface area contributed by atoms with Gasteiger partial charge in [0, 0.05) is 16.3 Å². The van der Waals surface area contributed by atoms with Gasteiger partial charge in [0.25, 0.3) is 0 Å². The van der Waals surface area contributed by atoms with Gasteiger partial charge >= 0.3 is 5.69 Å². The highest BCUT2D eigenvalue weighted by Gasteiger charge is 2.11. The minimum absolute atomic E-state index is 0.275. The molecule has 0 amide bonds. The number of hydrogen-bond acceptors (Lipinski definition) is 4. The number of fused-ring (bicyclic) bond motifs is 3. The van der Waals surface area contributed by atoms with Crippen molar-refractivity contribution in [1.82, 2.24) is 19.6 Å². The van der Waals surface area contributed by atoms with E-state index in [1.54, 1.807) is 11.3 Å². The van der Waals surface area contributed by atoms with Gasteiger partial charge in [-0.3, -0.25) is 0 Å². The predicted octanol–water partition coefficient (Wildman–Crippen LogP) is 2.30. The summed E-state index contributed by atoms with van der Waals surface area (Å²) in [5.41, 5.74) is 2.00. The molecule has 0 radical (unpaired) electrons. The molecule has 0 aliphatic heterocycles. The molecule has 4 aromatic rings. The Kier molecular flexibility index (Phi) is 2.07. The van der Waals surface area contributed by atoms with Crippen LogP contribution in [0.1, 0.15) is 0 Å². The van der Waals surface area contributed by atoms with Crippen LogP contribution in [0, 0.1) is 0 Å². The second-order valence-electron chi connectivity index (χ2n) is 4.16. The zero-order valence-electron chi connectivity index (χ0n) is 9.70. The Hall–Kier alpha value is -2.47. The van der Waals surface area contributed by atoms with E-state index in [9.17, 15) is 4.79 Å². The molecule has 1 N–H and O–H groups in total. The van der Waals surface area contributed by atoms with Crippen LogP contribution >= 0.6 is 11.3 Å². The van der Waals surface area contributed by atoms with Gasteiger partial charge in [0.2, 0.25) is 0 Å². The molecule has 3 heterocycles. The van der Waals surface area contributed by atoms with Gasteiger partial charge in [0.05, 0.1) is 5.52 Å². The van der Waals surface area contributed by atoms with Gasteiger partial charge in [0.15, 0.2) is 11.5 Å². The Morgan fingerprint density at radius 2 is 2.11 bits per heavy atom. The van der Waals surface area contributed by atoms with Crippen molar-refractivity contribution < 1.29 is 0 Å². The second kappa shape index (κ2) is 3.76. The number of nitrogens with zero attached hydrogens (tertiary/aromatic N) is 3. The highest BCUT2D eigenvalue weighted by Crippen LogP contribution is 2.21. The lowest BCUT2D eigenvalue weighted by Crippen LogP contribution is -2.17. The highest BCUT2D eigenvalue weighted by molar-refractivity contribution is 7.08. The van der Waals surface area contributed by atoms with E-state index in [1.165, 1.54) is 4.52 Å². The van der Waals surface area contributed by atoms with E-state index < -0.39 is 0 Å². The van der Waals surface area contributed by atoms with Gasteiger partial charge in [-0.1, -0.05) is 12.1 Å². The monoisotopic (exact) mass is 268 g/mol. The predicted molar refractivity (Wildman–Crippen MR) is 74.4 cm³/mol. The molecular formula is C13H8N4OS. The van der Waals surface area contributed by atoms with E-state index >= 15 is 0 Å². The number of thiophene rings is 1. The van der Waals surface area contributed by atoms with Crippen molar-refractivity contribution in [2.45, 2.75) is 0 Å². The second-order valence-corrected chi connectivity index (χ2v) is 4.94. The van der Waals surface area contributed by atoms with E-state index in [1.807, 2.05) is 41.1 Å². The summed E-state index contributed by atoms with van der Waals surface area (Å²) in [6, 6.07) is 9.52. The lowest BCUT2D eigenvalue weighted by molar-refractivity contribution is 0.885. The highest BCUT2D eigenvalue weighted by atomic mass is 32.1. The zero-order chi connectivity index (χ0) is 12.8. The summed E-state index contributed by atoms with van der Waals surface area (Å²) < 4.78 is 1.31. The van der Waals surface area contributed by atoms with Crippen molar-refractivity contribution in [3.63, 3.8) is 0 Å². The molecule has 0 bridgehead atoms. The van der Waals surface area contributed by atoms with E-state index in [0.717, 1.165) is 16.5 Å². The Morgan fingerprint density at radius 1 is 1.21 bits per heavy atom. The van der Waals surface area contributed by atoms with Crippen LogP contribution in [0.15, 0.2) is 45.9 Å². The molecule has 6 heteroatoms. The minimum Gasteiger partial charge on any atom is -0.305 e. The summed E-state index contributed by atoms with van der Waals surface area (Å²) in [5, 5.41) is 9.08. The maximum Gasteiger partial charge on any atom is 0.348 e. The first kappa shape index (κ1) is 10.5. The number of rotatable bonds is 1. The third-order valence-electron chi connectivity index (χ3n) is 2.99. The number of aromatic amines is 1. The van der Waals surface area contributed by atoms with Gasteiger partial charge in [-0.15, -0.1) is 5.10 Å². The third kappa shape index (κ3) is 1.50. The van der Waals surface area contributed by atoms with Crippen molar-refractivity contribution in [1.29, 1.82) is 0 Å². The Bertz CT molecular complexity index is 936. The largest absolute Gasteiger partial charge is 0.348 e. The van der Waals surface area contributed by atoms with Crippen LogP contribution in [-0.4, -0.2) is 19.6 Å². The molecule has 0 aliphatic rings. The van der Waals surface area contributed by atoms with Crippen LogP contribution in [0.25, 0.3) is 27.9 Å². The number of hydrogen-bond donors (Lipinski definition) is 1. The minimum atomic E-state index is -0.275. The average molecular weight is 268 g/mol. The van der Waals surface area contributed by atoms with Crippen LogP contribution in [0.2, 0.25) is 0 Å². The summed E-state index contributed by atoms with van der Waals surface area (Å²) in [5.74, 6) is 0.572.